The van der Waals surface area contributed by atoms with Crippen LogP contribution in [0.4, 0.5) is 8.78 Å². The lowest BCUT2D eigenvalue weighted by Gasteiger charge is -2.25. The van der Waals surface area contributed by atoms with Crippen molar-refractivity contribution in [3.63, 3.8) is 0 Å². The zero-order valence-electron chi connectivity index (χ0n) is 17.0. The summed E-state index contributed by atoms with van der Waals surface area (Å²) in [5, 5.41) is -0.00665. The van der Waals surface area contributed by atoms with E-state index in [0.717, 1.165) is 12.1 Å². The van der Waals surface area contributed by atoms with Gasteiger partial charge in [0.25, 0.3) is 5.91 Å². The van der Waals surface area contributed by atoms with Crippen molar-refractivity contribution >= 4 is 16.9 Å². The Morgan fingerprint density at radius 3 is 2.61 bits per heavy atom. The standard InChI is InChI=1S/C25H15F2NO5/c26-14-6-8-18-16(10-14)23(29)21-22(15-3-1-2-4-17(15)27)28(25(30)24(21)33-18)11-13-5-7-19-20(9-13)32-12-31-19/h1-10,22H,11-12H2/t22-/m1/s1. The predicted octanol–water partition coefficient (Wildman–Crippen LogP) is 4.55. The fourth-order valence-electron chi connectivity index (χ4n) is 4.41. The van der Waals surface area contributed by atoms with E-state index in [1.807, 2.05) is 0 Å². The molecular weight excluding hydrogens is 432 g/mol. The number of amides is 1. The van der Waals surface area contributed by atoms with Gasteiger partial charge in [-0.15, -0.1) is 0 Å². The molecule has 0 unspecified atom stereocenters. The molecule has 1 aromatic heterocycles. The van der Waals surface area contributed by atoms with Gasteiger partial charge in [0.05, 0.1) is 17.0 Å². The molecule has 6 rings (SSSR count). The molecule has 0 N–H and O–H groups in total. The third-order valence-corrected chi connectivity index (χ3v) is 5.92. The highest BCUT2D eigenvalue weighted by Crippen LogP contribution is 2.41. The zero-order chi connectivity index (χ0) is 22.7. The van der Waals surface area contributed by atoms with Crippen molar-refractivity contribution in [2.75, 3.05) is 6.79 Å². The van der Waals surface area contributed by atoms with E-state index in [9.17, 15) is 18.4 Å². The van der Waals surface area contributed by atoms with Crippen LogP contribution < -0.4 is 14.9 Å². The number of rotatable bonds is 3. The van der Waals surface area contributed by atoms with E-state index in [4.69, 9.17) is 13.9 Å². The van der Waals surface area contributed by atoms with Crippen LogP contribution in [0.15, 0.2) is 69.9 Å². The van der Waals surface area contributed by atoms with Gasteiger partial charge in [0, 0.05) is 12.1 Å². The number of carbonyl (C=O) groups excluding carboxylic acids is 1. The lowest BCUT2D eigenvalue weighted by molar-refractivity contribution is 0.0712. The van der Waals surface area contributed by atoms with Crippen LogP contribution in [0.1, 0.15) is 33.3 Å². The molecule has 164 valence electrons. The van der Waals surface area contributed by atoms with Gasteiger partial charge in [-0.2, -0.15) is 0 Å². The van der Waals surface area contributed by atoms with Gasteiger partial charge in [0.2, 0.25) is 12.6 Å². The van der Waals surface area contributed by atoms with Gasteiger partial charge in [-0.1, -0.05) is 24.3 Å². The molecule has 0 radical (unpaired) electrons. The molecule has 0 spiro atoms. The maximum Gasteiger partial charge on any atom is 0.291 e. The summed E-state index contributed by atoms with van der Waals surface area (Å²) in [5.74, 6) is -0.788. The Morgan fingerprint density at radius 1 is 0.939 bits per heavy atom. The normalized spacial score (nSPS) is 16.5. The second-order valence-electron chi connectivity index (χ2n) is 7.86. The summed E-state index contributed by atoms with van der Waals surface area (Å²) in [6, 6.07) is 13.6. The van der Waals surface area contributed by atoms with Gasteiger partial charge in [-0.05, 0) is 42.0 Å². The number of hydrogen-bond donors (Lipinski definition) is 0. The van der Waals surface area contributed by atoms with Crippen LogP contribution in [0, 0.1) is 11.6 Å². The second-order valence-corrected chi connectivity index (χ2v) is 7.86. The number of fused-ring (bicyclic) bond motifs is 3. The SMILES string of the molecule is O=C1c2oc3ccc(F)cc3c(=O)c2[C@@H](c2ccccc2F)N1Cc1ccc2c(c1)OCO2. The number of benzene rings is 3. The van der Waals surface area contributed by atoms with Crippen LogP contribution in [0.25, 0.3) is 11.0 Å². The summed E-state index contributed by atoms with van der Waals surface area (Å²) >= 11 is 0. The van der Waals surface area contributed by atoms with Crippen LogP contribution in [0.3, 0.4) is 0 Å². The third-order valence-electron chi connectivity index (χ3n) is 5.92. The molecule has 3 aromatic carbocycles. The van der Waals surface area contributed by atoms with E-state index in [1.54, 1.807) is 24.3 Å². The number of halogens is 2. The third kappa shape index (κ3) is 2.98. The number of ether oxygens (including phenoxy) is 2. The molecule has 2 aliphatic rings. The predicted molar refractivity (Wildman–Crippen MR) is 113 cm³/mol. The van der Waals surface area contributed by atoms with E-state index >= 15 is 0 Å². The van der Waals surface area contributed by atoms with Crippen molar-refractivity contribution in [3.8, 4) is 11.5 Å². The molecule has 0 aliphatic carbocycles. The van der Waals surface area contributed by atoms with E-state index in [0.29, 0.717) is 17.1 Å². The molecule has 1 amide bonds. The van der Waals surface area contributed by atoms with Gasteiger partial charge in [0.1, 0.15) is 17.2 Å². The maximum absolute atomic E-state index is 14.9. The average molecular weight is 447 g/mol. The Hall–Kier alpha value is -4.20. The van der Waals surface area contributed by atoms with E-state index in [2.05, 4.69) is 0 Å². The van der Waals surface area contributed by atoms with Crippen molar-refractivity contribution in [1.82, 2.24) is 4.90 Å². The molecule has 8 heteroatoms. The molecule has 1 atom stereocenters. The minimum atomic E-state index is -1.04. The summed E-state index contributed by atoms with van der Waals surface area (Å²) in [7, 11) is 0. The summed E-state index contributed by atoms with van der Waals surface area (Å²) in [6.45, 7) is 0.162. The number of hydrogen-bond acceptors (Lipinski definition) is 5. The molecule has 3 heterocycles. The number of nitrogens with zero attached hydrogens (tertiary/aromatic N) is 1. The fraction of sp³-hybridized carbons (Fsp3) is 0.120. The van der Waals surface area contributed by atoms with Crippen LogP contribution in [0.5, 0.6) is 11.5 Å². The molecule has 4 aromatic rings. The summed E-state index contributed by atoms with van der Waals surface area (Å²) in [5.41, 5.74) is 0.355. The molecule has 2 aliphatic heterocycles. The van der Waals surface area contributed by atoms with E-state index in [-0.39, 0.29) is 41.2 Å². The minimum absolute atomic E-state index is 0.00665. The highest BCUT2D eigenvalue weighted by atomic mass is 19.1. The molecule has 6 nitrogen and oxygen atoms in total. The van der Waals surface area contributed by atoms with Gasteiger partial charge in [0.15, 0.2) is 16.9 Å². The van der Waals surface area contributed by atoms with Crippen LogP contribution in [-0.4, -0.2) is 17.6 Å². The average Bonchev–Trinajstić information content (AvgIpc) is 3.38. The maximum atomic E-state index is 14.9. The topological polar surface area (TPSA) is 69.0 Å². The van der Waals surface area contributed by atoms with Gasteiger partial charge >= 0.3 is 0 Å². The second kappa shape index (κ2) is 7.16. The summed E-state index contributed by atoms with van der Waals surface area (Å²) in [6.07, 6.45) is 0. The first kappa shape index (κ1) is 19.5. The Kier molecular flexibility index (Phi) is 4.23. The van der Waals surface area contributed by atoms with Gasteiger partial charge in [-0.3, -0.25) is 9.59 Å². The Balaban J connectivity index is 1.54. The van der Waals surface area contributed by atoms with Gasteiger partial charge < -0.3 is 18.8 Å². The Morgan fingerprint density at radius 2 is 1.76 bits per heavy atom. The zero-order valence-corrected chi connectivity index (χ0v) is 17.0. The van der Waals surface area contributed by atoms with Crippen LogP contribution >= 0.6 is 0 Å². The molecule has 0 saturated heterocycles. The lowest BCUT2D eigenvalue weighted by Crippen LogP contribution is -2.29. The Labute approximate surface area is 185 Å². The number of carbonyl (C=O) groups is 1. The lowest BCUT2D eigenvalue weighted by atomic mass is 9.97. The van der Waals surface area contributed by atoms with Crippen molar-refractivity contribution in [2.24, 2.45) is 0 Å². The fourth-order valence-corrected chi connectivity index (χ4v) is 4.41. The van der Waals surface area contributed by atoms with Gasteiger partial charge in [-0.25, -0.2) is 8.78 Å². The summed E-state index contributed by atoms with van der Waals surface area (Å²) < 4.78 is 45.3. The first-order valence-corrected chi connectivity index (χ1v) is 10.2. The quantitative estimate of drug-likeness (QED) is 0.461. The first-order valence-electron chi connectivity index (χ1n) is 10.2. The highest BCUT2D eigenvalue weighted by molar-refractivity contribution is 5.99. The van der Waals surface area contributed by atoms with E-state index in [1.165, 1.54) is 29.2 Å². The van der Waals surface area contributed by atoms with Crippen LogP contribution in [-0.2, 0) is 6.54 Å². The Bertz CT molecular complexity index is 1510. The monoisotopic (exact) mass is 447 g/mol. The highest BCUT2D eigenvalue weighted by Gasteiger charge is 2.43. The molecule has 33 heavy (non-hydrogen) atoms. The largest absolute Gasteiger partial charge is 0.454 e. The molecule has 0 bridgehead atoms. The van der Waals surface area contributed by atoms with Crippen molar-refractivity contribution < 1.29 is 27.5 Å². The van der Waals surface area contributed by atoms with Crippen molar-refractivity contribution in [1.29, 1.82) is 0 Å². The van der Waals surface area contributed by atoms with Crippen molar-refractivity contribution in [3.05, 3.63) is 105 Å². The molecule has 0 saturated carbocycles. The van der Waals surface area contributed by atoms with E-state index < -0.39 is 29.0 Å². The van der Waals surface area contributed by atoms with Crippen LogP contribution in [0.2, 0.25) is 0 Å². The van der Waals surface area contributed by atoms with Crippen molar-refractivity contribution in [2.45, 2.75) is 12.6 Å². The summed E-state index contributed by atoms with van der Waals surface area (Å²) in [4.78, 5) is 28.2. The smallest absolute Gasteiger partial charge is 0.291 e. The minimum Gasteiger partial charge on any atom is -0.454 e. The molecular formula is C25H15F2NO5. The first-order chi connectivity index (χ1) is 16.0. The molecule has 0 fully saturated rings.